The predicted octanol–water partition coefficient (Wildman–Crippen LogP) is 7.75. The van der Waals surface area contributed by atoms with E-state index in [1.807, 2.05) is 54.5 Å². The fourth-order valence-corrected chi connectivity index (χ4v) is 4.30. The van der Waals surface area contributed by atoms with Crippen LogP contribution in [0.3, 0.4) is 0 Å². The van der Waals surface area contributed by atoms with E-state index in [2.05, 4.69) is 13.2 Å². The Morgan fingerprint density at radius 1 is 0.614 bits per heavy atom. The van der Waals surface area contributed by atoms with E-state index in [1.54, 1.807) is 26.0 Å². The van der Waals surface area contributed by atoms with Crippen LogP contribution in [-0.4, -0.2) is 45.0 Å². The molecule has 0 radical (unpaired) electrons. The van der Waals surface area contributed by atoms with E-state index < -0.39 is 17.4 Å². The van der Waals surface area contributed by atoms with E-state index in [0.717, 1.165) is 18.4 Å². The summed E-state index contributed by atoms with van der Waals surface area (Å²) < 4.78 is 42.2. The first-order valence-corrected chi connectivity index (χ1v) is 15.2. The average Bonchev–Trinajstić information content (AvgIpc) is 2.97. The molecule has 0 amide bonds. The van der Waals surface area contributed by atoms with Crippen molar-refractivity contribution in [3.63, 3.8) is 0 Å². The first-order chi connectivity index (χ1) is 20.9. The molecule has 0 fully saturated rings. The van der Waals surface area contributed by atoms with Crippen molar-refractivity contribution in [1.29, 1.82) is 0 Å². The SMILES string of the molecule is C=C(C)C(=O)Oc1ccc(C(C)(C)c2cc(OCC)c(OC(=O)C(=C)C)c(OCC)c2OCC)c(OCCC)c1OCCC. The van der Waals surface area contributed by atoms with E-state index in [0.29, 0.717) is 55.0 Å². The minimum Gasteiger partial charge on any atom is -0.490 e. The van der Waals surface area contributed by atoms with Gasteiger partial charge in [-0.3, -0.25) is 0 Å². The molecule has 0 heterocycles. The van der Waals surface area contributed by atoms with Gasteiger partial charge >= 0.3 is 11.9 Å². The van der Waals surface area contributed by atoms with Gasteiger partial charge in [0.25, 0.3) is 0 Å². The maximum atomic E-state index is 12.7. The van der Waals surface area contributed by atoms with Crippen LogP contribution in [0.2, 0.25) is 0 Å². The van der Waals surface area contributed by atoms with E-state index in [1.165, 1.54) is 0 Å². The van der Waals surface area contributed by atoms with E-state index in [9.17, 15) is 9.59 Å². The molecule has 9 heteroatoms. The molecule has 242 valence electrons. The maximum Gasteiger partial charge on any atom is 0.338 e. The van der Waals surface area contributed by atoms with Crippen molar-refractivity contribution in [2.75, 3.05) is 33.0 Å². The number of ether oxygens (including phenoxy) is 7. The molecule has 2 rings (SSSR count). The Kier molecular flexibility index (Phi) is 13.6. The molecule has 0 aliphatic carbocycles. The largest absolute Gasteiger partial charge is 0.490 e. The van der Waals surface area contributed by atoms with Gasteiger partial charge in [0.05, 0.1) is 33.0 Å². The molecule has 2 aromatic rings. The fraction of sp³-hybridized carbons (Fsp3) is 0.486. The molecule has 0 N–H and O–H groups in total. The summed E-state index contributed by atoms with van der Waals surface area (Å²) in [7, 11) is 0. The Morgan fingerprint density at radius 3 is 1.64 bits per heavy atom. The van der Waals surface area contributed by atoms with Crippen LogP contribution in [0.15, 0.2) is 42.5 Å². The van der Waals surface area contributed by atoms with E-state index in [4.69, 9.17) is 33.2 Å². The third-order valence-electron chi connectivity index (χ3n) is 6.45. The van der Waals surface area contributed by atoms with E-state index in [-0.39, 0.29) is 35.0 Å². The zero-order chi connectivity index (χ0) is 33.0. The van der Waals surface area contributed by atoms with Crippen LogP contribution in [0, 0.1) is 0 Å². The van der Waals surface area contributed by atoms with Crippen LogP contribution in [0.25, 0.3) is 0 Å². The lowest BCUT2D eigenvalue weighted by molar-refractivity contribution is -0.131. The van der Waals surface area contributed by atoms with Crippen molar-refractivity contribution in [3.8, 4) is 40.2 Å². The fourth-order valence-electron chi connectivity index (χ4n) is 4.30. The molecule has 0 bridgehead atoms. The Morgan fingerprint density at radius 2 is 1.11 bits per heavy atom. The van der Waals surface area contributed by atoms with E-state index >= 15 is 0 Å². The van der Waals surface area contributed by atoms with Crippen molar-refractivity contribution in [1.82, 2.24) is 0 Å². The molecule has 9 nitrogen and oxygen atoms in total. The standard InChI is InChI=1S/C35H48O9/c1-12-19-41-28-24(17-18-26(30(28)42-20-13-2)43-33(36)22(6)7)35(10,11)25-21-27(38-14-3)31(44-34(37)23(8)9)32(40-16-5)29(25)39-15-4/h17-18,21H,6,8,12-16,19-20H2,1-5,7,9-11H3. The molecular weight excluding hydrogens is 564 g/mol. The molecular formula is C35H48O9. The highest BCUT2D eigenvalue weighted by molar-refractivity contribution is 5.90. The molecule has 0 saturated heterocycles. The molecule has 44 heavy (non-hydrogen) atoms. The first-order valence-electron chi connectivity index (χ1n) is 15.2. The third-order valence-corrected chi connectivity index (χ3v) is 6.45. The first kappa shape index (κ1) is 36.1. The number of carbonyl (C=O) groups excluding carboxylic acids is 2. The van der Waals surface area contributed by atoms with Crippen LogP contribution in [-0.2, 0) is 15.0 Å². The topological polar surface area (TPSA) is 98.8 Å². The maximum absolute atomic E-state index is 12.7. The minimum absolute atomic E-state index is 0.112. The Balaban J connectivity index is 3.00. The average molecular weight is 613 g/mol. The smallest absolute Gasteiger partial charge is 0.338 e. The van der Waals surface area contributed by atoms with Gasteiger partial charge in [-0.05, 0) is 59.6 Å². The summed E-state index contributed by atoms with van der Waals surface area (Å²) in [5.41, 5.74) is 1.08. The van der Waals surface area contributed by atoms with Gasteiger partial charge in [0.1, 0.15) is 0 Å². The molecule has 0 aromatic heterocycles. The zero-order valence-corrected chi connectivity index (χ0v) is 27.8. The van der Waals surface area contributed by atoms with Gasteiger partial charge in [-0.1, -0.05) is 46.9 Å². The minimum atomic E-state index is -0.830. The number of rotatable bonds is 18. The van der Waals surface area contributed by atoms with Gasteiger partial charge in [-0.2, -0.15) is 0 Å². The summed E-state index contributed by atoms with van der Waals surface area (Å²) in [6.07, 6.45) is 1.46. The number of hydrogen-bond acceptors (Lipinski definition) is 9. The molecule has 0 unspecified atom stereocenters. The Bertz CT molecular complexity index is 1340. The van der Waals surface area contributed by atoms with Gasteiger partial charge in [-0.15, -0.1) is 0 Å². The van der Waals surface area contributed by atoms with Crippen LogP contribution in [0.4, 0.5) is 0 Å². The molecule has 0 aliphatic rings. The molecule has 0 aliphatic heterocycles. The summed E-state index contributed by atoms with van der Waals surface area (Å²) in [4.78, 5) is 25.2. The lowest BCUT2D eigenvalue weighted by atomic mass is 9.76. The quantitative estimate of drug-likeness (QED) is 0.0950. The Hall–Kier alpha value is -4.14. The summed E-state index contributed by atoms with van der Waals surface area (Å²) in [6.45, 7) is 25.7. The van der Waals surface area contributed by atoms with Gasteiger partial charge in [0, 0.05) is 27.7 Å². The van der Waals surface area contributed by atoms with Crippen molar-refractivity contribution in [3.05, 3.63) is 53.6 Å². The highest BCUT2D eigenvalue weighted by atomic mass is 16.6. The van der Waals surface area contributed by atoms with Crippen LogP contribution in [0.5, 0.6) is 40.2 Å². The van der Waals surface area contributed by atoms with Crippen molar-refractivity contribution in [2.24, 2.45) is 0 Å². The number of hydrogen-bond donors (Lipinski definition) is 0. The predicted molar refractivity (Wildman–Crippen MR) is 171 cm³/mol. The second-order valence-corrected chi connectivity index (χ2v) is 10.6. The lowest BCUT2D eigenvalue weighted by Gasteiger charge is -2.33. The lowest BCUT2D eigenvalue weighted by Crippen LogP contribution is -2.24. The Labute approximate surface area is 262 Å². The highest BCUT2D eigenvalue weighted by Crippen LogP contribution is 2.55. The number of esters is 2. The second-order valence-electron chi connectivity index (χ2n) is 10.6. The van der Waals surface area contributed by atoms with Crippen molar-refractivity contribution < 1.29 is 42.7 Å². The number of benzene rings is 2. The third kappa shape index (κ3) is 8.49. The monoisotopic (exact) mass is 612 g/mol. The normalized spacial score (nSPS) is 10.9. The summed E-state index contributed by atoms with van der Waals surface area (Å²) >= 11 is 0. The molecule has 0 atom stereocenters. The van der Waals surface area contributed by atoms with Gasteiger partial charge < -0.3 is 33.2 Å². The second kappa shape index (κ2) is 16.6. The van der Waals surface area contributed by atoms with Crippen LogP contribution >= 0.6 is 0 Å². The van der Waals surface area contributed by atoms with Gasteiger partial charge in [0.2, 0.25) is 17.2 Å². The molecule has 0 spiro atoms. The summed E-state index contributed by atoms with van der Waals surface area (Å²) in [5.74, 6) is 0.855. The van der Waals surface area contributed by atoms with Gasteiger partial charge in [-0.25, -0.2) is 9.59 Å². The number of carbonyl (C=O) groups is 2. The van der Waals surface area contributed by atoms with Crippen LogP contribution in [0.1, 0.15) is 86.3 Å². The zero-order valence-electron chi connectivity index (χ0n) is 27.8. The highest BCUT2D eigenvalue weighted by Gasteiger charge is 2.37. The molecule has 0 saturated carbocycles. The summed E-state index contributed by atoms with van der Waals surface area (Å²) in [5, 5.41) is 0. The van der Waals surface area contributed by atoms with Crippen molar-refractivity contribution >= 4 is 11.9 Å². The summed E-state index contributed by atoms with van der Waals surface area (Å²) in [6, 6.07) is 5.33. The molecule has 2 aromatic carbocycles. The van der Waals surface area contributed by atoms with Crippen LogP contribution < -0.4 is 33.2 Å². The van der Waals surface area contributed by atoms with Crippen molar-refractivity contribution in [2.45, 2.75) is 80.6 Å². The van der Waals surface area contributed by atoms with Gasteiger partial charge in [0.15, 0.2) is 23.0 Å².